The maximum absolute atomic E-state index is 4.78. The van der Waals surface area contributed by atoms with Crippen LogP contribution in [0.1, 0.15) is 23.6 Å². The van der Waals surface area contributed by atoms with Crippen molar-refractivity contribution in [3.05, 3.63) is 72.3 Å². The lowest BCUT2D eigenvalue weighted by molar-refractivity contribution is 0.684. The minimum Gasteiger partial charge on any atom is -0.275 e. The van der Waals surface area contributed by atoms with E-state index in [-0.39, 0.29) is 6.04 Å². The van der Waals surface area contributed by atoms with Gasteiger partial charge in [-0.05, 0) is 11.6 Å². The maximum atomic E-state index is 4.78. The third-order valence-electron chi connectivity index (χ3n) is 3.88. The molecule has 2 aromatic heterocycles. The lowest BCUT2D eigenvalue weighted by Crippen LogP contribution is -2.20. The summed E-state index contributed by atoms with van der Waals surface area (Å²) in [5.41, 5.74) is 3.27. The highest BCUT2D eigenvalue weighted by atomic mass is 15.5. The van der Waals surface area contributed by atoms with E-state index in [0.717, 1.165) is 23.3 Å². The number of hydrogen-bond acceptors (Lipinski definition) is 5. The van der Waals surface area contributed by atoms with Crippen LogP contribution in [-0.4, -0.2) is 25.5 Å². The van der Waals surface area contributed by atoms with Crippen LogP contribution in [0.4, 0.5) is 5.95 Å². The number of hydrazone groups is 1. The standard InChI is InChI=1S/C17H16N6/c1-22-12-14(11-20-22)16-10-15(13-6-3-2-4-7-13)21-23(16)17-18-8-5-9-19-17/h2-9,11-12,16H,10H2,1H3. The smallest absolute Gasteiger partial charge is 0.246 e. The Morgan fingerprint density at radius 3 is 2.52 bits per heavy atom. The molecule has 0 bridgehead atoms. The molecule has 0 fully saturated rings. The van der Waals surface area contributed by atoms with Crippen molar-refractivity contribution in [3.63, 3.8) is 0 Å². The predicted molar refractivity (Wildman–Crippen MR) is 88.1 cm³/mol. The van der Waals surface area contributed by atoms with Gasteiger partial charge in [-0.1, -0.05) is 30.3 Å². The molecule has 6 heteroatoms. The molecule has 114 valence electrons. The van der Waals surface area contributed by atoms with Crippen molar-refractivity contribution >= 4 is 11.7 Å². The van der Waals surface area contributed by atoms with Gasteiger partial charge in [-0.2, -0.15) is 10.2 Å². The van der Waals surface area contributed by atoms with E-state index in [1.807, 2.05) is 42.6 Å². The predicted octanol–water partition coefficient (Wildman–Crippen LogP) is 2.57. The van der Waals surface area contributed by atoms with Crippen molar-refractivity contribution in [1.82, 2.24) is 19.7 Å². The largest absolute Gasteiger partial charge is 0.275 e. The highest BCUT2D eigenvalue weighted by molar-refractivity contribution is 6.03. The number of benzene rings is 1. The molecule has 3 heterocycles. The van der Waals surface area contributed by atoms with Gasteiger partial charge in [0.2, 0.25) is 5.95 Å². The molecule has 1 aliphatic rings. The topological polar surface area (TPSA) is 59.2 Å². The molecule has 0 N–H and O–H groups in total. The molecular formula is C17H16N6. The van der Waals surface area contributed by atoms with Gasteiger partial charge in [-0.15, -0.1) is 0 Å². The zero-order chi connectivity index (χ0) is 15.6. The third kappa shape index (κ3) is 2.59. The summed E-state index contributed by atoms with van der Waals surface area (Å²) in [7, 11) is 1.92. The lowest BCUT2D eigenvalue weighted by atomic mass is 10.0. The molecule has 0 saturated heterocycles. The molecule has 1 atom stereocenters. The monoisotopic (exact) mass is 304 g/mol. The zero-order valence-electron chi connectivity index (χ0n) is 12.7. The van der Waals surface area contributed by atoms with E-state index in [9.17, 15) is 0 Å². The van der Waals surface area contributed by atoms with Gasteiger partial charge >= 0.3 is 0 Å². The second-order valence-corrected chi connectivity index (χ2v) is 5.47. The first kappa shape index (κ1) is 13.6. The zero-order valence-corrected chi connectivity index (χ0v) is 12.7. The number of hydrogen-bond donors (Lipinski definition) is 0. The average Bonchev–Trinajstić information content (AvgIpc) is 3.23. The number of rotatable bonds is 3. The first-order valence-corrected chi connectivity index (χ1v) is 7.49. The van der Waals surface area contributed by atoms with Gasteiger partial charge in [-0.25, -0.2) is 15.0 Å². The summed E-state index contributed by atoms with van der Waals surface area (Å²) in [6.45, 7) is 0. The molecule has 4 rings (SSSR count). The van der Waals surface area contributed by atoms with Crippen LogP contribution in [0, 0.1) is 0 Å². The molecule has 0 aliphatic carbocycles. The second kappa shape index (κ2) is 5.64. The highest BCUT2D eigenvalue weighted by Gasteiger charge is 2.32. The van der Waals surface area contributed by atoms with E-state index in [2.05, 4.69) is 27.2 Å². The van der Waals surface area contributed by atoms with Crippen LogP contribution in [0.3, 0.4) is 0 Å². The highest BCUT2D eigenvalue weighted by Crippen LogP contribution is 2.34. The van der Waals surface area contributed by atoms with Crippen molar-refractivity contribution in [3.8, 4) is 0 Å². The molecular weight excluding hydrogens is 288 g/mol. The SMILES string of the molecule is Cn1cc(C2CC(c3ccccc3)=NN2c2ncccn2)cn1. The molecule has 1 aliphatic heterocycles. The minimum atomic E-state index is 0.0568. The Balaban J connectivity index is 1.75. The van der Waals surface area contributed by atoms with E-state index in [1.165, 1.54) is 0 Å². The van der Waals surface area contributed by atoms with Crippen molar-refractivity contribution in [2.75, 3.05) is 5.01 Å². The van der Waals surface area contributed by atoms with E-state index in [0.29, 0.717) is 5.95 Å². The van der Waals surface area contributed by atoms with E-state index >= 15 is 0 Å². The third-order valence-corrected chi connectivity index (χ3v) is 3.88. The summed E-state index contributed by atoms with van der Waals surface area (Å²) < 4.78 is 1.81. The van der Waals surface area contributed by atoms with Gasteiger partial charge in [0.15, 0.2) is 0 Å². The summed E-state index contributed by atoms with van der Waals surface area (Å²) in [6, 6.07) is 12.1. The van der Waals surface area contributed by atoms with Crippen molar-refractivity contribution in [1.29, 1.82) is 0 Å². The molecule has 0 radical (unpaired) electrons. The van der Waals surface area contributed by atoms with Gasteiger partial charge in [0.05, 0.1) is 18.0 Å². The minimum absolute atomic E-state index is 0.0568. The Labute approximate surface area is 134 Å². The van der Waals surface area contributed by atoms with Crippen LogP contribution in [0.25, 0.3) is 0 Å². The molecule has 1 unspecified atom stereocenters. The Hall–Kier alpha value is -3.02. The molecule has 0 saturated carbocycles. The molecule has 6 nitrogen and oxygen atoms in total. The van der Waals surface area contributed by atoms with E-state index < -0.39 is 0 Å². The summed E-state index contributed by atoms with van der Waals surface area (Å²) in [5, 5.41) is 11.0. The fraction of sp³-hybridized carbons (Fsp3) is 0.176. The van der Waals surface area contributed by atoms with Crippen LogP contribution in [0.5, 0.6) is 0 Å². The second-order valence-electron chi connectivity index (χ2n) is 5.47. The first-order valence-electron chi connectivity index (χ1n) is 7.49. The van der Waals surface area contributed by atoms with Crippen LogP contribution in [-0.2, 0) is 7.05 Å². The molecule has 1 aromatic carbocycles. The summed E-state index contributed by atoms with van der Waals surface area (Å²) in [4.78, 5) is 8.70. The summed E-state index contributed by atoms with van der Waals surface area (Å²) in [6.07, 6.45) is 8.17. The van der Waals surface area contributed by atoms with Crippen molar-refractivity contribution < 1.29 is 0 Å². The average molecular weight is 304 g/mol. The van der Waals surface area contributed by atoms with Gasteiger partial charge in [0.1, 0.15) is 0 Å². The summed E-state index contributed by atoms with van der Waals surface area (Å²) >= 11 is 0. The molecule has 0 spiro atoms. The van der Waals surface area contributed by atoms with Crippen LogP contribution < -0.4 is 5.01 Å². The van der Waals surface area contributed by atoms with Gasteiger partial charge in [-0.3, -0.25) is 4.68 Å². The van der Waals surface area contributed by atoms with Gasteiger partial charge in [0.25, 0.3) is 0 Å². The number of aromatic nitrogens is 4. The number of nitrogens with zero attached hydrogens (tertiary/aromatic N) is 6. The fourth-order valence-electron chi connectivity index (χ4n) is 2.78. The molecule has 23 heavy (non-hydrogen) atoms. The quantitative estimate of drug-likeness (QED) is 0.746. The maximum Gasteiger partial charge on any atom is 0.246 e. The van der Waals surface area contributed by atoms with Crippen LogP contribution in [0.15, 0.2) is 66.3 Å². The number of anilines is 1. The first-order chi connectivity index (χ1) is 11.3. The van der Waals surface area contributed by atoms with Crippen molar-refractivity contribution in [2.24, 2.45) is 12.1 Å². The Morgan fingerprint density at radius 1 is 1.04 bits per heavy atom. The van der Waals surface area contributed by atoms with E-state index in [1.54, 1.807) is 23.1 Å². The normalized spacial score (nSPS) is 17.3. The number of aryl methyl sites for hydroxylation is 1. The van der Waals surface area contributed by atoms with Crippen molar-refractivity contribution in [2.45, 2.75) is 12.5 Å². The fourth-order valence-corrected chi connectivity index (χ4v) is 2.78. The Morgan fingerprint density at radius 2 is 1.83 bits per heavy atom. The van der Waals surface area contributed by atoms with E-state index in [4.69, 9.17) is 5.10 Å². The molecule has 3 aromatic rings. The summed E-state index contributed by atoms with van der Waals surface area (Å²) in [5.74, 6) is 0.604. The van der Waals surface area contributed by atoms with Gasteiger partial charge < -0.3 is 0 Å². The van der Waals surface area contributed by atoms with Crippen LogP contribution >= 0.6 is 0 Å². The lowest BCUT2D eigenvalue weighted by Gasteiger charge is -2.19. The Kier molecular flexibility index (Phi) is 3.34. The van der Waals surface area contributed by atoms with Crippen LogP contribution in [0.2, 0.25) is 0 Å². The molecule has 0 amide bonds. The Bertz CT molecular complexity index is 825. The van der Waals surface area contributed by atoms with Gasteiger partial charge in [0, 0.05) is 37.6 Å².